The van der Waals surface area contributed by atoms with Gasteiger partial charge in [0.15, 0.2) is 0 Å². The Kier molecular flexibility index (Phi) is 12.2. The first-order valence-corrected chi connectivity index (χ1v) is 6.95. The van der Waals surface area contributed by atoms with Crippen LogP contribution in [0.3, 0.4) is 0 Å². The second kappa shape index (κ2) is 13.9. The zero-order chi connectivity index (χ0) is 15.8. The van der Waals surface area contributed by atoms with Gasteiger partial charge < -0.3 is 5.32 Å². The zero-order valence-electron chi connectivity index (χ0n) is 13.0. The molecule has 0 aliphatic rings. The summed E-state index contributed by atoms with van der Waals surface area (Å²) in [4.78, 5) is 0. The third kappa shape index (κ3) is 9.97. The van der Waals surface area contributed by atoms with Crippen LogP contribution in [-0.4, -0.2) is 0 Å². The van der Waals surface area contributed by atoms with E-state index >= 15 is 0 Å². The van der Waals surface area contributed by atoms with Gasteiger partial charge in [0.2, 0.25) is 0 Å². The lowest BCUT2D eigenvalue weighted by Crippen LogP contribution is -1.90. The van der Waals surface area contributed by atoms with Crippen molar-refractivity contribution in [1.29, 1.82) is 0 Å². The van der Waals surface area contributed by atoms with Crippen LogP contribution >= 0.6 is 0 Å². The standard InChI is InChI=1S/C20H25N/c1-5-9-10-11-12-17-21-18-13-16-19(8-4)20(14-6-2)15-7-3/h5-18,21H,2,4H2,1,3H3/b9-5-,11-10-,15-7-,17-12+,18-13+,19-16+,20-14+. The van der Waals surface area contributed by atoms with E-state index in [0.29, 0.717) is 0 Å². The fourth-order valence-corrected chi connectivity index (χ4v) is 1.45. The Morgan fingerprint density at radius 3 is 2.10 bits per heavy atom. The molecule has 0 atom stereocenters. The molecular formula is C20H25N. The van der Waals surface area contributed by atoms with Gasteiger partial charge in [-0.05, 0) is 37.1 Å². The van der Waals surface area contributed by atoms with Crippen LogP contribution < -0.4 is 5.32 Å². The van der Waals surface area contributed by atoms with Crippen molar-refractivity contribution >= 4 is 0 Å². The van der Waals surface area contributed by atoms with Crippen molar-refractivity contribution in [1.82, 2.24) is 5.32 Å². The monoisotopic (exact) mass is 279 g/mol. The second-order valence-electron chi connectivity index (χ2n) is 3.98. The summed E-state index contributed by atoms with van der Waals surface area (Å²) < 4.78 is 0. The third-order valence-electron chi connectivity index (χ3n) is 2.38. The van der Waals surface area contributed by atoms with Gasteiger partial charge in [-0.2, -0.15) is 0 Å². The third-order valence-corrected chi connectivity index (χ3v) is 2.38. The van der Waals surface area contributed by atoms with Crippen LogP contribution in [-0.2, 0) is 0 Å². The number of allylic oxidation sites excluding steroid dienone is 14. The van der Waals surface area contributed by atoms with Gasteiger partial charge >= 0.3 is 0 Å². The average Bonchev–Trinajstić information content (AvgIpc) is 2.49. The van der Waals surface area contributed by atoms with Crippen molar-refractivity contribution in [2.24, 2.45) is 0 Å². The Bertz CT molecular complexity index is 506. The van der Waals surface area contributed by atoms with E-state index in [4.69, 9.17) is 0 Å². The minimum absolute atomic E-state index is 1.04. The van der Waals surface area contributed by atoms with E-state index in [9.17, 15) is 0 Å². The Morgan fingerprint density at radius 1 is 0.762 bits per heavy atom. The van der Waals surface area contributed by atoms with Gasteiger partial charge in [0, 0.05) is 12.4 Å². The smallest absolute Gasteiger partial charge is 0.000464 e. The van der Waals surface area contributed by atoms with E-state index in [1.807, 2.05) is 93.1 Å². The van der Waals surface area contributed by atoms with Gasteiger partial charge in [-0.25, -0.2) is 0 Å². The maximum absolute atomic E-state index is 3.84. The van der Waals surface area contributed by atoms with Gasteiger partial charge in [0.1, 0.15) is 0 Å². The lowest BCUT2D eigenvalue weighted by Gasteiger charge is -2.01. The minimum Gasteiger partial charge on any atom is -0.368 e. The fraction of sp³-hybridized carbons (Fsp3) is 0.100. The van der Waals surface area contributed by atoms with Crippen LogP contribution in [0, 0.1) is 0 Å². The van der Waals surface area contributed by atoms with E-state index in [0.717, 1.165) is 11.1 Å². The van der Waals surface area contributed by atoms with E-state index < -0.39 is 0 Å². The van der Waals surface area contributed by atoms with E-state index in [1.165, 1.54) is 0 Å². The summed E-state index contributed by atoms with van der Waals surface area (Å²) in [5, 5.41) is 3.07. The molecule has 1 N–H and O–H groups in total. The molecule has 1 heteroatoms. The molecule has 0 aromatic rings. The maximum Gasteiger partial charge on any atom is 0.000464 e. The molecule has 0 aliphatic carbocycles. The molecule has 0 aromatic carbocycles. The average molecular weight is 279 g/mol. The van der Waals surface area contributed by atoms with Crippen molar-refractivity contribution in [3.05, 3.63) is 110 Å². The topological polar surface area (TPSA) is 12.0 Å². The summed E-state index contributed by atoms with van der Waals surface area (Å²) in [5.41, 5.74) is 2.12. The first-order chi connectivity index (χ1) is 10.3. The van der Waals surface area contributed by atoms with Gasteiger partial charge in [0.25, 0.3) is 0 Å². The summed E-state index contributed by atoms with van der Waals surface area (Å²) in [6, 6.07) is 0. The summed E-state index contributed by atoms with van der Waals surface area (Å²) >= 11 is 0. The first kappa shape index (κ1) is 18.5. The lowest BCUT2D eigenvalue weighted by atomic mass is 10.0. The van der Waals surface area contributed by atoms with E-state index in [-0.39, 0.29) is 0 Å². The summed E-state index contributed by atoms with van der Waals surface area (Å²) in [6.45, 7) is 11.5. The Labute approximate surface area is 129 Å². The highest BCUT2D eigenvalue weighted by atomic mass is 14.8. The normalized spacial score (nSPS) is 14.2. The largest absolute Gasteiger partial charge is 0.368 e. The van der Waals surface area contributed by atoms with Gasteiger partial charge in [-0.15, -0.1) is 0 Å². The summed E-state index contributed by atoms with van der Waals surface area (Å²) in [6.07, 6.45) is 27.1. The highest BCUT2D eigenvalue weighted by molar-refractivity contribution is 5.48. The van der Waals surface area contributed by atoms with Crippen LogP contribution in [0.15, 0.2) is 110 Å². The van der Waals surface area contributed by atoms with Crippen LogP contribution in [0.25, 0.3) is 0 Å². The molecule has 0 radical (unpaired) electrons. The molecule has 0 unspecified atom stereocenters. The molecule has 0 bridgehead atoms. The Morgan fingerprint density at radius 2 is 1.48 bits per heavy atom. The molecule has 0 amide bonds. The van der Waals surface area contributed by atoms with Crippen molar-refractivity contribution in [3.8, 4) is 0 Å². The van der Waals surface area contributed by atoms with Gasteiger partial charge in [0.05, 0.1) is 0 Å². The molecular weight excluding hydrogens is 254 g/mol. The van der Waals surface area contributed by atoms with Crippen LogP contribution in [0.4, 0.5) is 0 Å². The molecule has 1 nitrogen and oxygen atoms in total. The van der Waals surface area contributed by atoms with E-state index in [1.54, 1.807) is 6.08 Å². The number of rotatable bonds is 9. The molecule has 21 heavy (non-hydrogen) atoms. The van der Waals surface area contributed by atoms with Gasteiger partial charge in [-0.3, -0.25) is 0 Å². The van der Waals surface area contributed by atoms with E-state index in [2.05, 4.69) is 18.5 Å². The van der Waals surface area contributed by atoms with Crippen LogP contribution in [0.5, 0.6) is 0 Å². The maximum atomic E-state index is 3.84. The Hall–Kier alpha value is -2.54. The fourth-order valence-electron chi connectivity index (χ4n) is 1.45. The molecule has 110 valence electrons. The zero-order valence-corrected chi connectivity index (χ0v) is 13.0. The summed E-state index contributed by atoms with van der Waals surface area (Å²) in [5.74, 6) is 0. The number of hydrogen-bond acceptors (Lipinski definition) is 1. The number of nitrogens with one attached hydrogen (secondary N) is 1. The quantitative estimate of drug-likeness (QED) is 0.547. The SMILES string of the molecule is C=C/C=C(\C=C/C)C(/C=C)=C/C=C/N/C=C/C=C\C=C/C. The molecule has 0 heterocycles. The van der Waals surface area contributed by atoms with Crippen LogP contribution in [0.1, 0.15) is 13.8 Å². The molecule has 0 spiro atoms. The second-order valence-corrected chi connectivity index (χ2v) is 3.98. The van der Waals surface area contributed by atoms with Crippen molar-refractivity contribution in [2.75, 3.05) is 0 Å². The highest BCUT2D eigenvalue weighted by Gasteiger charge is 1.94. The molecule has 0 aromatic heterocycles. The van der Waals surface area contributed by atoms with Gasteiger partial charge in [-0.1, -0.05) is 73.9 Å². The number of hydrogen-bond donors (Lipinski definition) is 1. The molecule has 0 saturated carbocycles. The van der Waals surface area contributed by atoms with Crippen molar-refractivity contribution in [2.45, 2.75) is 13.8 Å². The van der Waals surface area contributed by atoms with Crippen molar-refractivity contribution in [3.63, 3.8) is 0 Å². The van der Waals surface area contributed by atoms with Crippen LogP contribution in [0.2, 0.25) is 0 Å². The molecule has 0 rings (SSSR count). The first-order valence-electron chi connectivity index (χ1n) is 6.95. The molecule has 0 fully saturated rings. The molecule has 0 aliphatic heterocycles. The molecule has 0 saturated heterocycles. The highest BCUT2D eigenvalue weighted by Crippen LogP contribution is 2.13. The Balaban J connectivity index is 4.60. The minimum atomic E-state index is 1.04. The lowest BCUT2D eigenvalue weighted by molar-refractivity contribution is 1.19. The van der Waals surface area contributed by atoms with Crippen molar-refractivity contribution < 1.29 is 0 Å². The predicted octanol–water partition coefficient (Wildman–Crippen LogP) is 5.54. The predicted molar refractivity (Wildman–Crippen MR) is 96.7 cm³/mol. The summed E-state index contributed by atoms with van der Waals surface area (Å²) in [7, 11) is 0.